The van der Waals surface area contributed by atoms with E-state index >= 15 is 0 Å². The third-order valence-electron chi connectivity index (χ3n) is 4.59. The van der Waals surface area contributed by atoms with Gasteiger partial charge in [0, 0.05) is 11.8 Å². The summed E-state index contributed by atoms with van der Waals surface area (Å²) in [5.41, 5.74) is 3.78. The maximum absolute atomic E-state index is 13.4. The first-order valence-electron chi connectivity index (χ1n) is 9.19. The van der Waals surface area contributed by atoms with Crippen LogP contribution >= 0.6 is 0 Å². The van der Waals surface area contributed by atoms with Gasteiger partial charge < -0.3 is 4.74 Å². The number of aliphatic imine (C=N–C) groups is 1. The number of benzene rings is 4. The van der Waals surface area contributed by atoms with E-state index in [2.05, 4.69) is 24.0 Å². The molecule has 138 valence electrons. The summed E-state index contributed by atoms with van der Waals surface area (Å²) >= 11 is 0. The third kappa shape index (κ3) is 4.09. The molecule has 0 heterocycles. The number of ether oxygens (including phenoxy) is 1. The molecule has 4 aromatic rings. The number of nitrogens with zero attached hydrogens (tertiary/aromatic N) is 1. The Hall–Kier alpha value is -3.46. The van der Waals surface area contributed by atoms with Crippen LogP contribution < -0.4 is 4.74 Å². The van der Waals surface area contributed by atoms with Crippen LogP contribution in [0.4, 0.5) is 10.1 Å². The highest BCUT2D eigenvalue weighted by atomic mass is 19.1. The van der Waals surface area contributed by atoms with E-state index in [1.165, 1.54) is 17.7 Å². The Balaban J connectivity index is 1.69. The molecule has 0 aliphatic rings. The van der Waals surface area contributed by atoms with Crippen LogP contribution in [0.5, 0.6) is 5.75 Å². The fraction of sp³-hybridized carbons (Fsp3) is 0.0800. The summed E-state index contributed by atoms with van der Waals surface area (Å²) in [5.74, 6) is 0.458. The average molecular weight is 369 g/mol. The van der Waals surface area contributed by atoms with Gasteiger partial charge in [-0.1, -0.05) is 60.2 Å². The molecule has 0 atom stereocenters. The normalized spacial score (nSPS) is 11.2. The molecule has 28 heavy (non-hydrogen) atoms. The van der Waals surface area contributed by atoms with Crippen LogP contribution in [0.15, 0.2) is 89.9 Å². The number of aryl methyl sites for hydroxylation is 1. The summed E-state index contributed by atoms with van der Waals surface area (Å²) < 4.78 is 19.5. The zero-order valence-corrected chi connectivity index (χ0v) is 15.6. The van der Waals surface area contributed by atoms with Gasteiger partial charge >= 0.3 is 0 Å². The molecule has 0 aliphatic carbocycles. The highest BCUT2D eigenvalue weighted by Gasteiger charge is 2.08. The van der Waals surface area contributed by atoms with Crippen LogP contribution in [0.1, 0.15) is 16.7 Å². The van der Waals surface area contributed by atoms with Gasteiger partial charge in [-0.25, -0.2) is 4.39 Å². The van der Waals surface area contributed by atoms with E-state index in [4.69, 9.17) is 4.74 Å². The van der Waals surface area contributed by atoms with Gasteiger partial charge in [-0.3, -0.25) is 4.99 Å². The first-order valence-corrected chi connectivity index (χ1v) is 9.19. The molecular formula is C25H20FNO. The molecule has 0 radical (unpaired) electrons. The van der Waals surface area contributed by atoms with Crippen molar-refractivity contribution in [1.29, 1.82) is 0 Å². The summed E-state index contributed by atoms with van der Waals surface area (Å²) in [6.07, 6.45) is 1.84. The SMILES string of the molecule is Cc1ccc(N=Cc2c(OCc3cccc(F)c3)ccc3ccccc23)cc1. The monoisotopic (exact) mass is 369 g/mol. The van der Waals surface area contributed by atoms with Crippen molar-refractivity contribution >= 4 is 22.7 Å². The minimum absolute atomic E-state index is 0.263. The topological polar surface area (TPSA) is 21.6 Å². The maximum Gasteiger partial charge on any atom is 0.129 e. The summed E-state index contributed by atoms with van der Waals surface area (Å²) in [6.45, 7) is 2.35. The van der Waals surface area contributed by atoms with Crippen molar-refractivity contribution in [3.05, 3.63) is 107 Å². The van der Waals surface area contributed by atoms with Gasteiger partial charge in [0.1, 0.15) is 18.2 Å². The van der Waals surface area contributed by atoms with E-state index in [0.717, 1.165) is 33.3 Å². The minimum Gasteiger partial charge on any atom is -0.488 e. The highest BCUT2D eigenvalue weighted by molar-refractivity contribution is 6.03. The molecule has 3 heteroatoms. The Labute approximate surface area is 163 Å². The molecule has 0 saturated heterocycles. The molecule has 0 N–H and O–H groups in total. The molecule has 0 spiro atoms. The molecule has 0 saturated carbocycles. The Bertz CT molecular complexity index is 1130. The van der Waals surface area contributed by atoms with E-state index in [1.54, 1.807) is 6.07 Å². The molecule has 0 bridgehead atoms. The van der Waals surface area contributed by atoms with E-state index in [9.17, 15) is 4.39 Å². The maximum atomic E-state index is 13.4. The molecule has 0 fully saturated rings. The average Bonchev–Trinajstić information content (AvgIpc) is 2.72. The number of hydrogen-bond donors (Lipinski definition) is 0. The zero-order chi connectivity index (χ0) is 19.3. The summed E-state index contributed by atoms with van der Waals surface area (Å²) in [7, 11) is 0. The molecule has 0 unspecified atom stereocenters. The van der Waals surface area contributed by atoms with Crippen molar-refractivity contribution in [2.75, 3.05) is 0 Å². The van der Waals surface area contributed by atoms with Crippen LogP contribution in [0, 0.1) is 12.7 Å². The second kappa shape index (κ2) is 8.05. The molecule has 0 amide bonds. The van der Waals surface area contributed by atoms with Gasteiger partial charge in [-0.05, 0) is 53.6 Å². The van der Waals surface area contributed by atoms with Crippen molar-refractivity contribution in [1.82, 2.24) is 0 Å². The summed E-state index contributed by atoms with van der Waals surface area (Å²) in [5, 5.41) is 2.18. The third-order valence-corrected chi connectivity index (χ3v) is 4.59. The van der Waals surface area contributed by atoms with E-state index < -0.39 is 0 Å². The lowest BCUT2D eigenvalue weighted by Crippen LogP contribution is -1.99. The van der Waals surface area contributed by atoms with E-state index in [1.807, 2.05) is 60.8 Å². The lowest BCUT2D eigenvalue weighted by Gasteiger charge is -2.12. The predicted molar refractivity (Wildman–Crippen MR) is 113 cm³/mol. The number of hydrogen-bond acceptors (Lipinski definition) is 2. The number of fused-ring (bicyclic) bond motifs is 1. The summed E-state index contributed by atoms with van der Waals surface area (Å²) in [6, 6.07) is 26.6. The fourth-order valence-corrected chi connectivity index (χ4v) is 3.09. The molecule has 4 aromatic carbocycles. The molecule has 0 aliphatic heterocycles. The second-order valence-corrected chi connectivity index (χ2v) is 6.71. The Morgan fingerprint density at radius 1 is 0.893 bits per heavy atom. The number of rotatable bonds is 5. The van der Waals surface area contributed by atoms with Crippen molar-refractivity contribution in [3.8, 4) is 5.75 Å². The summed E-state index contributed by atoms with van der Waals surface area (Å²) in [4.78, 5) is 4.63. The van der Waals surface area contributed by atoms with Gasteiger partial charge in [0.05, 0.1) is 5.69 Å². The molecule has 2 nitrogen and oxygen atoms in total. The predicted octanol–water partition coefficient (Wildman–Crippen LogP) is 6.62. The van der Waals surface area contributed by atoms with Crippen LogP contribution in [0.3, 0.4) is 0 Å². The smallest absolute Gasteiger partial charge is 0.129 e. The quantitative estimate of drug-likeness (QED) is 0.362. The molecule has 4 rings (SSSR count). The second-order valence-electron chi connectivity index (χ2n) is 6.71. The van der Waals surface area contributed by atoms with Gasteiger partial charge in [-0.2, -0.15) is 0 Å². The van der Waals surface area contributed by atoms with E-state index in [-0.39, 0.29) is 5.82 Å². The van der Waals surface area contributed by atoms with Gasteiger partial charge in [0.25, 0.3) is 0 Å². The molecule has 0 aromatic heterocycles. The first kappa shape index (κ1) is 17.9. The fourth-order valence-electron chi connectivity index (χ4n) is 3.09. The van der Waals surface area contributed by atoms with Crippen LogP contribution in [-0.4, -0.2) is 6.21 Å². The lowest BCUT2D eigenvalue weighted by molar-refractivity contribution is 0.305. The van der Waals surface area contributed by atoms with Crippen molar-refractivity contribution in [2.24, 2.45) is 4.99 Å². The largest absolute Gasteiger partial charge is 0.488 e. The van der Waals surface area contributed by atoms with Crippen molar-refractivity contribution < 1.29 is 9.13 Å². The zero-order valence-electron chi connectivity index (χ0n) is 15.6. The Morgan fingerprint density at radius 3 is 2.54 bits per heavy atom. The standard InChI is InChI=1S/C25H20FNO/c1-18-9-12-22(13-10-18)27-16-24-23-8-3-2-6-20(23)11-14-25(24)28-17-19-5-4-7-21(26)15-19/h2-16H,17H2,1H3. The van der Waals surface area contributed by atoms with Crippen LogP contribution in [-0.2, 0) is 6.61 Å². The van der Waals surface area contributed by atoms with Crippen molar-refractivity contribution in [2.45, 2.75) is 13.5 Å². The molecular weight excluding hydrogens is 349 g/mol. The van der Waals surface area contributed by atoms with Crippen molar-refractivity contribution in [3.63, 3.8) is 0 Å². The van der Waals surface area contributed by atoms with Crippen LogP contribution in [0.2, 0.25) is 0 Å². The minimum atomic E-state index is -0.263. The highest BCUT2D eigenvalue weighted by Crippen LogP contribution is 2.28. The van der Waals surface area contributed by atoms with Gasteiger partial charge in [0.2, 0.25) is 0 Å². The Morgan fingerprint density at radius 2 is 1.71 bits per heavy atom. The lowest BCUT2D eigenvalue weighted by atomic mass is 10.0. The Kier molecular flexibility index (Phi) is 5.16. The van der Waals surface area contributed by atoms with Gasteiger partial charge in [-0.15, -0.1) is 0 Å². The number of halogens is 1. The first-order chi connectivity index (χ1) is 13.7. The van der Waals surface area contributed by atoms with E-state index in [0.29, 0.717) is 6.61 Å². The van der Waals surface area contributed by atoms with Crippen LogP contribution in [0.25, 0.3) is 10.8 Å². The van der Waals surface area contributed by atoms with Gasteiger partial charge in [0.15, 0.2) is 0 Å².